The SMILES string of the molecule is CCNCc1nc(-c2cccc(-n3cnnn3)c2)cs1. The van der Waals surface area contributed by atoms with E-state index in [1.807, 2.05) is 24.3 Å². The first-order valence-electron chi connectivity index (χ1n) is 6.35. The highest BCUT2D eigenvalue weighted by Crippen LogP contribution is 2.23. The maximum Gasteiger partial charge on any atom is 0.143 e. The minimum Gasteiger partial charge on any atom is -0.311 e. The lowest BCUT2D eigenvalue weighted by molar-refractivity contribution is 0.723. The summed E-state index contributed by atoms with van der Waals surface area (Å²) in [5.41, 5.74) is 2.98. The van der Waals surface area contributed by atoms with E-state index in [1.165, 1.54) is 0 Å². The smallest absolute Gasteiger partial charge is 0.143 e. The van der Waals surface area contributed by atoms with Crippen LogP contribution in [0.4, 0.5) is 0 Å². The van der Waals surface area contributed by atoms with Crippen LogP contribution < -0.4 is 5.32 Å². The van der Waals surface area contributed by atoms with Crippen molar-refractivity contribution in [3.8, 4) is 16.9 Å². The van der Waals surface area contributed by atoms with Crippen molar-refractivity contribution in [3.05, 3.63) is 41.0 Å². The molecular weight excluding hydrogens is 272 g/mol. The summed E-state index contributed by atoms with van der Waals surface area (Å²) in [6.45, 7) is 3.85. The highest BCUT2D eigenvalue weighted by Gasteiger charge is 2.06. The average Bonchev–Trinajstić information content (AvgIpc) is 3.17. The summed E-state index contributed by atoms with van der Waals surface area (Å²) in [6, 6.07) is 8.02. The van der Waals surface area contributed by atoms with E-state index in [9.17, 15) is 0 Å². The van der Waals surface area contributed by atoms with Gasteiger partial charge < -0.3 is 5.32 Å². The van der Waals surface area contributed by atoms with Gasteiger partial charge in [-0.15, -0.1) is 16.4 Å². The Morgan fingerprint density at radius 2 is 2.30 bits per heavy atom. The molecule has 0 aliphatic carbocycles. The van der Waals surface area contributed by atoms with Crippen molar-refractivity contribution >= 4 is 11.3 Å². The number of benzene rings is 1. The minimum atomic E-state index is 0.813. The number of thiazole rings is 1. The third kappa shape index (κ3) is 2.73. The van der Waals surface area contributed by atoms with Crippen molar-refractivity contribution < 1.29 is 0 Å². The quantitative estimate of drug-likeness (QED) is 0.775. The Labute approximate surface area is 120 Å². The number of nitrogens with one attached hydrogen (secondary N) is 1. The third-order valence-electron chi connectivity index (χ3n) is 2.83. The fourth-order valence-corrected chi connectivity index (χ4v) is 2.62. The van der Waals surface area contributed by atoms with Crippen LogP contribution in [0.3, 0.4) is 0 Å². The topological polar surface area (TPSA) is 68.5 Å². The molecule has 0 bridgehead atoms. The molecule has 0 fully saturated rings. The van der Waals surface area contributed by atoms with Gasteiger partial charge in [-0.2, -0.15) is 0 Å². The summed E-state index contributed by atoms with van der Waals surface area (Å²) in [4.78, 5) is 4.64. The van der Waals surface area contributed by atoms with Gasteiger partial charge in [0.25, 0.3) is 0 Å². The van der Waals surface area contributed by atoms with E-state index < -0.39 is 0 Å². The largest absolute Gasteiger partial charge is 0.311 e. The normalized spacial score (nSPS) is 10.8. The van der Waals surface area contributed by atoms with Crippen LogP contribution in [-0.2, 0) is 6.54 Å². The van der Waals surface area contributed by atoms with Crippen LogP contribution in [0, 0.1) is 0 Å². The van der Waals surface area contributed by atoms with Gasteiger partial charge in [0.2, 0.25) is 0 Å². The molecular formula is C13H14N6S. The molecule has 0 aliphatic heterocycles. The third-order valence-corrected chi connectivity index (χ3v) is 3.68. The van der Waals surface area contributed by atoms with Crippen LogP contribution in [0.5, 0.6) is 0 Å². The molecule has 1 aromatic carbocycles. The molecule has 2 heterocycles. The highest BCUT2D eigenvalue weighted by atomic mass is 32.1. The predicted octanol–water partition coefficient (Wildman–Crippen LogP) is 1.90. The van der Waals surface area contributed by atoms with Gasteiger partial charge in [-0.05, 0) is 29.1 Å². The van der Waals surface area contributed by atoms with Crippen molar-refractivity contribution in [1.82, 2.24) is 30.5 Å². The Balaban J connectivity index is 1.87. The Hall–Kier alpha value is -2.12. The van der Waals surface area contributed by atoms with Crippen LogP contribution in [0.2, 0.25) is 0 Å². The molecule has 0 saturated heterocycles. The van der Waals surface area contributed by atoms with Crippen molar-refractivity contribution in [2.45, 2.75) is 13.5 Å². The lowest BCUT2D eigenvalue weighted by Crippen LogP contribution is -2.11. The fraction of sp³-hybridized carbons (Fsp3) is 0.231. The fourth-order valence-electron chi connectivity index (χ4n) is 1.84. The molecule has 20 heavy (non-hydrogen) atoms. The molecule has 0 atom stereocenters. The summed E-state index contributed by atoms with van der Waals surface area (Å²) in [6.07, 6.45) is 1.58. The van der Waals surface area contributed by atoms with E-state index in [0.29, 0.717) is 0 Å². The van der Waals surface area contributed by atoms with Crippen molar-refractivity contribution in [1.29, 1.82) is 0 Å². The van der Waals surface area contributed by atoms with Crippen molar-refractivity contribution in [2.24, 2.45) is 0 Å². The first kappa shape index (κ1) is 12.9. The Kier molecular flexibility index (Phi) is 3.80. The second-order valence-corrected chi connectivity index (χ2v) is 5.15. The molecule has 3 rings (SSSR count). The van der Waals surface area contributed by atoms with Gasteiger partial charge >= 0.3 is 0 Å². The lowest BCUT2D eigenvalue weighted by atomic mass is 10.1. The average molecular weight is 286 g/mol. The molecule has 102 valence electrons. The molecule has 0 amide bonds. The number of hydrogen-bond donors (Lipinski definition) is 1. The van der Waals surface area contributed by atoms with Crippen molar-refractivity contribution in [3.63, 3.8) is 0 Å². The second-order valence-electron chi connectivity index (χ2n) is 4.21. The first-order valence-corrected chi connectivity index (χ1v) is 7.23. The molecule has 0 aliphatic rings. The van der Waals surface area contributed by atoms with E-state index in [1.54, 1.807) is 22.3 Å². The monoisotopic (exact) mass is 286 g/mol. The Morgan fingerprint density at radius 1 is 1.35 bits per heavy atom. The number of nitrogens with zero attached hydrogens (tertiary/aromatic N) is 5. The molecule has 1 N–H and O–H groups in total. The van der Waals surface area contributed by atoms with E-state index in [4.69, 9.17) is 0 Å². The van der Waals surface area contributed by atoms with Gasteiger partial charge in [0.15, 0.2) is 0 Å². The van der Waals surface area contributed by atoms with Crippen LogP contribution in [-0.4, -0.2) is 31.7 Å². The summed E-state index contributed by atoms with van der Waals surface area (Å²) >= 11 is 1.67. The number of rotatable bonds is 5. The predicted molar refractivity (Wildman–Crippen MR) is 77.6 cm³/mol. The molecule has 0 radical (unpaired) electrons. The maximum atomic E-state index is 4.64. The van der Waals surface area contributed by atoms with E-state index >= 15 is 0 Å². The zero-order valence-corrected chi connectivity index (χ0v) is 11.8. The number of tetrazole rings is 1. The summed E-state index contributed by atoms with van der Waals surface area (Å²) < 4.78 is 1.63. The molecule has 2 aromatic heterocycles. The summed E-state index contributed by atoms with van der Waals surface area (Å²) in [7, 11) is 0. The van der Waals surface area contributed by atoms with Gasteiger partial charge in [0.1, 0.15) is 11.3 Å². The van der Waals surface area contributed by atoms with Gasteiger partial charge in [0.05, 0.1) is 11.4 Å². The number of aromatic nitrogens is 5. The number of hydrogen-bond acceptors (Lipinski definition) is 6. The van der Waals surface area contributed by atoms with Gasteiger partial charge in [-0.1, -0.05) is 19.1 Å². The minimum absolute atomic E-state index is 0.813. The Morgan fingerprint density at radius 3 is 3.10 bits per heavy atom. The molecule has 0 unspecified atom stereocenters. The van der Waals surface area contributed by atoms with Crippen LogP contribution >= 0.6 is 11.3 Å². The molecule has 3 aromatic rings. The van der Waals surface area contributed by atoms with Gasteiger partial charge in [-0.3, -0.25) is 0 Å². The lowest BCUT2D eigenvalue weighted by Gasteiger charge is -2.02. The van der Waals surface area contributed by atoms with Crippen LogP contribution in [0.1, 0.15) is 11.9 Å². The molecule has 0 saturated carbocycles. The zero-order chi connectivity index (χ0) is 13.8. The van der Waals surface area contributed by atoms with Crippen LogP contribution in [0.25, 0.3) is 16.9 Å². The maximum absolute atomic E-state index is 4.64. The summed E-state index contributed by atoms with van der Waals surface area (Å²) in [5, 5.41) is 17.6. The molecule has 6 nitrogen and oxygen atoms in total. The van der Waals surface area contributed by atoms with Crippen LogP contribution in [0.15, 0.2) is 36.0 Å². The van der Waals surface area contributed by atoms with Gasteiger partial charge in [0, 0.05) is 17.5 Å². The zero-order valence-electron chi connectivity index (χ0n) is 11.0. The van der Waals surface area contributed by atoms with Crippen molar-refractivity contribution in [2.75, 3.05) is 6.54 Å². The molecule has 7 heteroatoms. The molecule has 0 spiro atoms. The summed E-state index contributed by atoms with van der Waals surface area (Å²) in [5.74, 6) is 0. The standard InChI is InChI=1S/C13H14N6S/c1-2-14-7-13-16-12(8-20-13)10-4-3-5-11(6-10)19-9-15-17-18-19/h3-6,8-9,14H,2,7H2,1H3. The Bertz CT molecular complexity index is 676. The van der Waals surface area contributed by atoms with Gasteiger partial charge in [-0.25, -0.2) is 9.67 Å². The van der Waals surface area contributed by atoms with E-state index in [0.717, 1.165) is 35.0 Å². The second kappa shape index (κ2) is 5.89. The first-order chi connectivity index (χ1) is 9.86. The van der Waals surface area contributed by atoms with E-state index in [-0.39, 0.29) is 0 Å². The highest BCUT2D eigenvalue weighted by molar-refractivity contribution is 7.09. The van der Waals surface area contributed by atoms with E-state index in [2.05, 4.69) is 38.1 Å².